The fraction of sp³-hybridized carbons (Fsp3) is 0.733. The van der Waals surface area contributed by atoms with E-state index < -0.39 is 41.4 Å². The third-order valence-corrected chi connectivity index (χ3v) is 2.81. The molecule has 21 heavy (non-hydrogen) atoms. The minimum atomic E-state index is -1.45. The van der Waals surface area contributed by atoms with Crippen LogP contribution in [-0.4, -0.2) is 36.2 Å². The van der Waals surface area contributed by atoms with Gasteiger partial charge in [0.15, 0.2) is 0 Å². The summed E-state index contributed by atoms with van der Waals surface area (Å²) >= 11 is 0. The largest absolute Gasteiger partial charge is 0.465 e. The molecule has 0 bridgehead atoms. The van der Waals surface area contributed by atoms with Gasteiger partial charge in [0.25, 0.3) is 0 Å². The normalized spacial score (nSPS) is 13.4. The summed E-state index contributed by atoms with van der Waals surface area (Å²) in [5.74, 6) is -5.78. The predicted molar refractivity (Wildman–Crippen MR) is 75.4 cm³/mol. The number of hydrogen-bond acceptors (Lipinski definition) is 6. The van der Waals surface area contributed by atoms with Crippen molar-refractivity contribution in [3.8, 4) is 0 Å². The molecule has 0 aromatic carbocycles. The van der Waals surface area contributed by atoms with E-state index in [2.05, 4.69) is 0 Å². The second-order valence-electron chi connectivity index (χ2n) is 5.18. The molecular formula is C15H24O6. The van der Waals surface area contributed by atoms with E-state index in [0.29, 0.717) is 6.42 Å². The van der Waals surface area contributed by atoms with Crippen LogP contribution in [0.5, 0.6) is 0 Å². The van der Waals surface area contributed by atoms with Gasteiger partial charge in [-0.1, -0.05) is 13.3 Å². The van der Waals surface area contributed by atoms with E-state index in [1.807, 2.05) is 6.92 Å². The maximum Gasteiger partial charge on any atom is 0.318 e. The molecule has 0 radical (unpaired) electrons. The number of unbranched alkanes of at least 4 members (excludes halogenated alkanes) is 1. The lowest BCUT2D eigenvalue weighted by Gasteiger charge is -2.21. The van der Waals surface area contributed by atoms with E-state index in [4.69, 9.17) is 9.47 Å². The number of ether oxygens (including phenoxy) is 2. The van der Waals surface area contributed by atoms with Gasteiger partial charge >= 0.3 is 11.9 Å². The molecule has 0 aromatic heterocycles. The molecule has 0 spiro atoms. The standard InChI is InChI=1S/C15H24O6/c1-6-7-8-20-14(18)12(10(4)16)13(11(5)17)15(19)21-9(2)3/h9,12-13H,6-8H2,1-5H3. The van der Waals surface area contributed by atoms with Crippen LogP contribution in [0.15, 0.2) is 0 Å². The van der Waals surface area contributed by atoms with Crippen molar-refractivity contribution in [2.45, 2.75) is 53.6 Å². The molecule has 0 aliphatic rings. The third kappa shape index (κ3) is 6.51. The SMILES string of the molecule is CCCCOC(=O)C(C(C)=O)C(C(C)=O)C(=O)OC(C)C. The van der Waals surface area contributed by atoms with Crippen molar-refractivity contribution >= 4 is 23.5 Å². The number of ketones is 2. The predicted octanol–water partition coefficient (Wildman–Crippen LogP) is 1.69. The van der Waals surface area contributed by atoms with Crippen LogP contribution in [0.25, 0.3) is 0 Å². The molecule has 0 fully saturated rings. The number of rotatable bonds is 9. The van der Waals surface area contributed by atoms with Crippen LogP contribution in [0.2, 0.25) is 0 Å². The van der Waals surface area contributed by atoms with Crippen molar-refractivity contribution in [2.24, 2.45) is 11.8 Å². The molecule has 120 valence electrons. The number of hydrogen-bond donors (Lipinski definition) is 0. The lowest BCUT2D eigenvalue weighted by molar-refractivity contribution is -0.167. The first-order chi connectivity index (χ1) is 9.72. The van der Waals surface area contributed by atoms with Gasteiger partial charge in [-0.3, -0.25) is 19.2 Å². The number of carbonyl (C=O) groups excluding carboxylic acids is 4. The maximum atomic E-state index is 12.0. The highest BCUT2D eigenvalue weighted by atomic mass is 16.5. The molecule has 0 aromatic rings. The summed E-state index contributed by atoms with van der Waals surface area (Å²) in [6, 6.07) is 0. The van der Waals surface area contributed by atoms with Gasteiger partial charge in [0.1, 0.15) is 23.4 Å². The molecule has 6 nitrogen and oxygen atoms in total. The first kappa shape index (κ1) is 19.3. The van der Waals surface area contributed by atoms with Gasteiger partial charge < -0.3 is 9.47 Å². The van der Waals surface area contributed by atoms with Crippen molar-refractivity contribution in [1.29, 1.82) is 0 Å². The molecule has 2 atom stereocenters. The van der Waals surface area contributed by atoms with Crippen LogP contribution in [0, 0.1) is 11.8 Å². The average Bonchev–Trinajstić information content (AvgIpc) is 2.33. The molecule has 6 heteroatoms. The van der Waals surface area contributed by atoms with Gasteiger partial charge in [0.2, 0.25) is 0 Å². The zero-order chi connectivity index (χ0) is 16.6. The lowest BCUT2D eigenvalue weighted by atomic mass is 9.86. The van der Waals surface area contributed by atoms with Crippen molar-refractivity contribution in [3.05, 3.63) is 0 Å². The Labute approximate surface area is 125 Å². The van der Waals surface area contributed by atoms with Gasteiger partial charge in [-0.15, -0.1) is 0 Å². The zero-order valence-corrected chi connectivity index (χ0v) is 13.3. The summed E-state index contributed by atoms with van der Waals surface area (Å²) in [5, 5.41) is 0. The average molecular weight is 300 g/mol. The maximum absolute atomic E-state index is 12.0. The van der Waals surface area contributed by atoms with Gasteiger partial charge in [-0.25, -0.2) is 0 Å². The van der Waals surface area contributed by atoms with Crippen LogP contribution in [0.3, 0.4) is 0 Å². The molecule has 2 unspecified atom stereocenters. The Balaban J connectivity index is 5.17. The second kappa shape index (κ2) is 9.26. The van der Waals surface area contributed by atoms with Gasteiger partial charge in [0, 0.05) is 0 Å². The Bertz CT molecular complexity index is 399. The van der Waals surface area contributed by atoms with Crippen molar-refractivity contribution in [3.63, 3.8) is 0 Å². The first-order valence-electron chi connectivity index (χ1n) is 7.10. The fourth-order valence-electron chi connectivity index (χ4n) is 1.79. The van der Waals surface area contributed by atoms with E-state index >= 15 is 0 Å². The molecule has 0 amide bonds. The monoisotopic (exact) mass is 300 g/mol. The van der Waals surface area contributed by atoms with Gasteiger partial charge in [-0.2, -0.15) is 0 Å². The van der Waals surface area contributed by atoms with Crippen molar-refractivity contribution < 1.29 is 28.7 Å². The zero-order valence-electron chi connectivity index (χ0n) is 13.3. The van der Waals surface area contributed by atoms with E-state index in [9.17, 15) is 19.2 Å². The Morgan fingerprint density at radius 2 is 1.38 bits per heavy atom. The molecule has 0 N–H and O–H groups in total. The molecular weight excluding hydrogens is 276 g/mol. The molecule has 0 aliphatic carbocycles. The Morgan fingerprint density at radius 1 is 0.905 bits per heavy atom. The number of carbonyl (C=O) groups is 4. The van der Waals surface area contributed by atoms with Crippen LogP contribution < -0.4 is 0 Å². The van der Waals surface area contributed by atoms with Gasteiger partial charge in [-0.05, 0) is 34.1 Å². The summed E-state index contributed by atoms with van der Waals surface area (Å²) in [5.41, 5.74) is 0. The first-order valence-corrected chi connectivity index (χ1v) is 7.10. The van der Waals surface area contributed by atoms with Crippen molar-refractivity contribution in [1.82, 2.24) is 0 Å². The summed E-state index contributed by atoms with van der Waals surface area (Å²) < 4.78 is 9.93. The van der Waals surface area contributed by atoms with E-state index in [1.54, 1.807) is 13.8 Å². The quantitative estimate of drug-likeness (QED) is 0.366. The molecule has 0 rings (SSSR count). The second-order valence-corrected chi connectivity index (χ2v) is 5.18. The Morgan fingerprint density at radius 3 is 1.76 bits per heavy atom. The molecule has 0 heterocycles. The highest BCUT2D eigenvalue weighted by molar-refractivity contribution is 6.10. The summed E-state index contributed by atoms with van der Waals surface area (Å²) in [4.78, 5) is 47.3. The minimum Gasteiger partial charge on any atom is -0.465 e. The molecule has 0 saturated heterocycles. The van der Waals surface area contributed by atoms with E-state index in [0.717, 1.165) is 20.3 Å². The minimum absolute atomic E-state index is 0.156. The topological polar surface area (TPSA) is 86.7 Å². The fourth-order valence-corrected chi connectivity index (χ4v) is 1.79. The molecule has 0 aliphatic heterocycles. The number of Topliss-reactive ketones (excluding diaryl/α,β-unsaturated/α-hetero) is 2. The summed E-state index contributed by atoms with van der Waals surface area (Å²) in [6.07, 6.45) is 1.03. The summed E-state index contributed by atoms with van der Waals surface area (Å²) in [7, 11) is 0. The van der Waals surface area contributed by atoms with Crippen LogP contribution in [-0.2, 0) is 28.7 Å². The summed E-state index contributed by atoms with van der Waals surface area (Å²) in [6.45, 7) is 7.64. The smallest absolute Gasteiger partial charge is 0.318 e. The van der Waals surface area contributed by atoms with Crippen LogP contribution >= 0.6 is 0 Å². The van der Waals surface area contributed by atoms with E-state index in [-0.39, 0.29) is 6.61 Å². The highest BCUT2D eigenvalue weighted by Gasteiger charge is 2.42. The Hall–Kier alpha value is -1.72. The third-order valence-electron chi connectivity index (χ3n) is 2.81. The molecule has 0 saturated carbocycles. The van der Waals surface area contributed by atoms with Crippen molar-refractivity contribution in [2.75, 3.05) is 6.61 Å². The van der Waals surface area contributed by atoms with Crippen LogP contribution in [0.4, 0.5) is 0 Å². The Kier molecular flexibility index (Phi) is 8.50. The lowest BCUT2D eigenvalue weighted by Crippen LogP contribution is -2.41. The van der Waals surface area contributed by atoms with E-state index in [1.165, 1.54) is 0 Å². The highest BCUT2D eigenvalue weighted by Crippen LogP contribution is 2.19. The van der Waals surface area contributed by atoms with Crippen LogP contribution in [0.1, 0.15) is 47.5 Å². The van der Waals surface area contributed by atoms with Gasteiger partial charge in [0.05, 0.1) is 12.7 Å². The number of esters is 2.